The van der Waals surface area contributed by atoms with Gasteiger partial charge in [0.2, 0.25) is 0 Å². The highest BCUT2D eigenvalue weighted by molar-refractivity contribution is 7.85. The molecule has 0 aliphatic rings. The zero-order valence-electron chi connectivity index (χ0n) is 10.2. The van der Waals surface area contributed by atoms with Crippen LogP contribution in [0.4, 0.5) is 0 Å². The van der Waals surface area contributed by atoms with Crippen molar-refractivity contribution in [3.63, 3.8) is 0 Å². The fourth-order valence-electron chi connectivity index (χ4n) is 1.39. The first-order chi connectivity index (χ1) is 9.04. The number of carboxylic acid groups (broad SMARTS) is 1. The Labute approximate surface area is 113 Å². The first-order valence-corrected chi connectivity index (χ1v) is 7.08. The number of nitrogens with one attached hydrogen (secondary N) is 1. The molecule has 1 amide bonds. The second kappa shape index (κ2) is 7.48. The van der Waals surface area contributed by atoms with E-state index in [1.165, 1.54) is 6.08 Å². The maximum Gasteiger partial charge on any atom is 0.327 e. The molecule has 0 aliphatic carbocycles. The molecule has 0 fully saturated rings. The number of carbonyl (C=O) groups excluding carboxylic acids is 1. The number of hydrogen-bond acceptors (Lipinski definition) is 3. The number of carboxylic acids is 1. The van der Waals surface area contributed by atoms with E-state index in [4.69, 9.17) is 5.11 Å². The average molecular weight is 281 g/mol. The van der Waals surface area contributed by atoms with Gasteiger partial charge in [-0.3, -0.25) is 9.00 Å². The average Bonchev–Trinajstić information content (AvgIpc) is 2.39. The highest BCUT2D eigenvalue weighted by Gasteiger charge is 2.22. The zero-order valence-corrected chi connectivity index (χ0v) is 11.1. The Hall–Kier alpha value is -1.95. The molecular weight excluding hydrogens is 266 g/mol. The normalized spacial score (nSPS) is 13.3. The van der Waals surface area contributed by atoms with Crippen LogP contribution in [0.15, 0.2) is 43.0 Å². The van der Waals surface area contributed by atoms with Crippen LogP contribution in [0.3, 0.4) is 0 Å². The molecule has 1 rings (SSSR count). The van der Waals surface area contributed by atoms with E-state index in [0.717, 1.165) is 0 Å². The van der Waals surface area contributed by atoms with Gasteiger partial charge in [-0.15, -0.1) is 6.58 Å². The lowest BCUT2D eigenvalue weighted by Crippen LogP contribution is -2.44. The van der Waals surface area contributed by atoms with Crippen molar-refractivity contribution in [3.05, 3.63) is 48.6 Å². The number of benzene rings is 1. The smallest absolute Gasteiger partial charge is 0.327 e. The van der Waals surface area contributed by atoms with E-state index < -0.39 is 28.7 Å². The van der Waals surface area contributed by atoms with Crippen molar-refractivity contribution < 1.29 is 18.9 Å². The second-order valence-electron chi connectivity index (χ2n) is 3.79. The number of rotatable bonds is 7. The van der Waals surface area contributed by atoms with Crippen LogP contribution in [-0.4, -0.2) is 38.7 Å². The van der Waals surface area contributed by atoms with Gasteiger partial charge < -0.3 is 10.4 Å². The third-order valence-electron chi connectivity index (χ3n) is 2.30. The van der Waals surface area contributed by atoms with Crippen LogP contribution in [-0.2, 0) is 15.6 Å². The van der Waals surface area contributed by atoms with Crippen LogP contribution in [0.25, 0.3) is 0 Å². The summed E-state index contributed by atoms with van der Waals surface area (Å²) in [6.45, 7) is 3.43. The van der Waals surface area contributed by atoms with Crippen molar-refractivity contribution in [2.45, 2.75) is 6.04 Å². The third kappa shape index (κ3) is 5.05. The summed E-state index contributed by atoms with van der Waals surface area (Å²) in [5.41, 5.74) is 0.364. The summed E-state index contributed by atoms with van der Waals surface area (Å²) in [5.74, 6) is -1.64. The van der Waals surface area contributed by atoms with Crippen molar-refractivity contribution in [2.24, 2.45) is 0 Å². The summed E-state index contributed by atoms with van der Waals surface area (Å²) in [7, 11) is -1.36. The molecule has 2 atom stereocenters. The predicted octanol–water partition coefficient (Wildman–Crippen LogP) is 0.804. The van der Waals surface area contributed by atoms with Gasteiger partial charge in [-0.2, -0.15) is 0 Å². The molecule has 0 unspecified atom stereocenters. The lowest BCUT2D eigenvalue weighted by atomic mass is 10.2. The molecule has 0 aliphatic heterocycles. The summed E-state index contributed by atoms with van der Waals surface area (Å²) in [5, 5.41) is 11.4. The number of amides is 1. The molecule has 1 aromatic rings. The Bertz CT molecular complexity index is 487. The summed E-state index contributed by atoms with van der Waals surface area (Å²) in [4.78, 5) is 22.8. The molecule has 1 aromatic carbocycles. The van der Waals surface area contributed by atoms with Gasteiger partial charge in [0.15, 0.2) is 0 Å². The summed E-state index contributed by atoms with van der Waals surface area (Å²) >= 11 is 0. The number of carbonyl (C=O) groups is 2. The quantitative estimate of drug-likeness (QED) is 0.724. The molecule has 0 radical (unpaired) electrons. The van der Waals surface area contributed by atoms with E-state index in [2.05, 4.69) is 11.9 Å². The van der Waals surface area contributed by atoms with Gasteiger partial charge in [-0.1, -0.05) is 24.3 Å². The molecular formula is C13H15NO4S. The largest absolute Gasteiger partial charge is 0.480 e. The van der Waals surface area contributed by atoms with Crippen LogP contribution >= 0.6 is 0 Å². The highest BCUT2D eigenvalue weighted by atomic mass is 32.2. The molecule has 0 heterocycles. The number of hydrogen-bond donors (Lipinski definition) is 2. The maximum atomic E-state index is 11.8. The van der Waals surface area contributed by atoms with E-state index in [1.54, 1.807) is 30.3 Å². The van der Waals surface area contributed by atoms with Crippen LogP contribution in [0, 0.1) is 0 Å². The lowest BCUT2D eigenvalue weighted by Gasteiger charge is -2.13. The Morgan fingerprint density at radius 2 is 2.00 bits per heavy atom. The van der Waals surface area contributed by atoms with Crippen LogP contribution < -0.4 is 5.32 Å². The standard InChI is InChI=1S/C13H15NO4S/c1-2-8-19(18)9-11(13(16)17)14-12(15)10-6-4-3-5-7-10/h2-7,11H,1,8-9H2,(H,14,15)(H,16,17)/t11-,19-/m0/s1. The Kier molecular flexibility index (Phi) is 5.95. The van der Waals surface area contributed by atoms with Gasteiger partial charge in [0.1, 0.15) is 6.04 Å². The fraction of sp³-hybridized carbons (Fsp3) is 0.231. The van der Waals surface area contributed by atoms with E-state index in [-0.39, 0.29) is 11.5 Å². The van der Waals surface area contributed by atoms with Crippen LogP contribution in [0.1, 0.15) is 10.4 Å². The van der Waals surface area contributed by atoms with Crippen molar-refractivity contribution in [3.8, 4) is 0 Å². The molecule has 6 heteroatoms. The van der Waals surface area contributed by atoms with Crippen molar-refractivity contribution in [2.75, 3.05) is 11.5 Å². The van der Waals surface area contributed by atoms with E-state index >= 15 is 0 Å². The molecule has 0 saturated carbocycles. The van der Waals surface area contributed by atoms with Gasteiger partial charge >= 0.3 is 5.97 Å². The summed E-state index contributed by atoms with van der Waals surface area (Å²) in [6.07, 6.45) is 1.45. The fourth-order valence-corrected chi connectivity index (χ4v) is 2.39. The monoisotopic (exact) mass is 281 g/mol. The molecule has 0 saturated heterocycles. The number of aliphatic carboxylic acids is 1. The van der Waals surface area contributed by atoms with Crippen LogP contribution in [0.2, 0.25) is 0 Å². The van der Waals surface area contributed by atoms with Gasteiger partial charge in [0, 0.05) is 22.1 Å². The molecule has 19 heavy (non-hydrogen) atoms. The van der Waals surface area contributed by atoms with Gasteiger partial charge in [0.05, 0.1) is 5.75 Å². The first kappa shape index (κ1) is 15.1. The first-order valence-electron chi connectivity index (χ1n) is 5.59. The van der Waals surface area contributed by atoms with Crippen molar-refractivity contribution in [1.29, 1.82) is 0 Å². The molecule has 2 N–H and O–H groups in total. The summed E-state index contributed by atoms with van der Waals surface area (Å²) in [6, 6.07) is 7.10. The SMILES string of the molecule is C=CC[S@](=O)C[C@H](NC(=O)c1ccccc1)C(=O)O. The highest BCUT2D eigenvalue weighted by Crippen LogP contribution is 2.00. The minimum Gasteiger partial charge on any atom is -0.480 e. The Morgan fingerprint density at radius 1 is 1.37 bits per heavy atom. The van der Waals surface area contributed by atoms with E-state index in [9.17, 15) is 13.8 Å². The molecule has 0 spiro atoms. The molecule has 0 aromatic heterocycles. The zero-order chi connectivity index (χ0) is 14.3. The van der Waals surface area contributed by atoms with E-state index in [1.807, 2.05) is 0 Å². The molecule has 5 nitrogen and oxygen atoms in total. The minimum absolute atomic E-state index is 0.139. The molecule has 102 valence electrons. The van der Waals surface area contributed by atoms with Gasteiger partial charge in [0.25, 0.3) is 5.91 Å². The second-order valence-corrected chi connectivity index (χ2v) is 5.34. The Balaban J connectivity index is 2.69. The van der Waals surface area contributed by atoms with Gasteiger partial charge in [-0.05, 0) is 12.1 Å². The maximum absolute atomic E-state index is 11.8. The molecule has 0 bridgehead atoms. The Morgan fingerprint density at radius 3 is 2.53 bits per heavy atom. The summed E-state index contributed by atoms with van der Waals surface area (Å²) < 4.78 is 11.5. The van der Waals surface area contributed by atoms with Crippen molar-refractivity contribution in [1.82, 2.24) is 5.32 Å². The van der Waals surface area contributed by atoms with Gasteiger partial charge in [-0.25, -0.2) is 4.79 Å². The van der Waals surface area contributed by atoms with Crippen LogP contribution in [0.5, 0.6) is 0 Å². The third-order valence-corrected chi connectivity index (χ3v) is 3.61. The van der Waals surface area contributed by atoms with Crippen molar-refractivity contribution >= 4 is 22.7 Å². The lowest BCUT2D eigenvalue weighted by molar-refractivity contribution is -0.138. The van der Waals surface area contributed by atoms with E-state index in [0.29, 0.717) is 5.56 Å². The topological polar surface area (TPSA) is 83.5 Å². The predicted molar refractivity (Wildman–Crippen MR) is 73.4 cm³/mol. The minimum atomic E-state index is -1.36.